The van der Waals surface area contributed by atoms with Gasteiger partial charge in [0.2, 0.25) is 11.9 Å². The number of rotatable bonds is 6. The van der Waals surface area contributed by atoms with Crippen LogP contribution in [0.1, 0.15) is 18.1 Å². The normalized spacial score (nSPS) is 10.2. The summed E-state index contributed by atoms with van der Waals surface area (Å²) in [5, 5.41) is 9.23. The van der Waals surface area contributed by atoms with Crippen LogP contribution in [0.2, 0.25) is 0 Å². The van der Waals surface area contributed by atoms with Crippen molar-refractivity contribution in [2.45, 2.75) is 20.4 Å². The highest BCUT2D eigenvalue weighted by Gasteiger charge is 2.03. The Morgan fingerprint density at radius 2 is 1.85 bits per heavy atom. The van der Waals surface area contributed by atoms with Gasteiger partial charge in [-0.3, -0.25) is 4.79 Å². The first kappa shape index (κ1) is 17.4. The zero-order chi connectivity index (χ0) is 18.4. The quantitative estimate of drug-likeness (QED) is 0.626. The van der Waals surface area contributed by atoms with Crippen LogP contribution in [-0.2, 0) is 11.3 Å². The van der Waals surface area contributed by atoms with Crippen molar-refractivity contribution < 1.29 is 4.79 Å². The summed E-state index contributed by atoms with van der Waals surface area (Å²) in [5.74, 6) is 1.12. The minimum absolute atomic E-state index is 0.110. The number of aryl methyl sites for hydroxylation is 1. The highest BCUT2D eigenvalue weighted by atomic mass is 16.1. The molecule has 3 N–H and O–H groups in total. The predicted molar refractivity (Wildman–Crippen MR) is 105 cm³/mol. The number of nitrogens with zero attached hydrogens (tertiary/aromatic N) is 2. The SMILES string of the molecule is CC(=O)Nc1cccc(Nc2nccc(NCc3ccccc3C)n2)c1. The molecule has 132 valence electrons. The predicted octanol–water partition coefficient (Wildman–Crippen LogP) is 4.10. The standard InChI is InChI=1S/C20H21N5O/c1-14-6-3-4-7-16(14)13-22-19-10-11-21-20(25-19)24-18-9-5-8-17(12-18)23-15(2)26/h3-12H,13H2,1-2H3,(H,23,26)(H2,21,22,24,25). The molecular formula is C20H21N5O. The lowest BCUT2D eigenvalue weighted by Gasteiger charge is -2.10. The Morgan fingerprint density at radius 3 is 2.65 bits per heavy atom. The molecule has 0 saturated heterocycles. The fraction of sp³-hybridized carbons (Fsp3) is 0.150. The van der Waals surface area contributed by atoms with Crippen LogP contribution in [0.5, 0.6) is 0 Å². The second-order valence-electron chi connectivity index (χ2n) is 5.93. The minimum atomic E-state index is -0.110. The third kappa shape index (κ3) is 4.80. The van der Waals surface area contributed by atoms with E-state index in [2.05, 4.69) is 45.0 Å². The number of hydrogen-bond acceptors (Lipinski definition) is 5. The third-order valence-electron chi connectivity index (χ3n) is 3.82. The maximum atomic E-state index is 11.2. The van der Waals surface area contributed by atoms with Crippen LogP contribution in [0.15, 0.2) is 60.8 Å². The Bertz CT molecular complexity index is 910. The number of amides is 1. The summed E-state index contributed by atoms with van der Waals surface area (Å²) < 4.78 is 0. The molecule has 0 radical (unpaired) electrons. The van der Waals surface area contributed by atoms with Crippen LogP contribution >= 0.6 is 0 Å². The lowest BCUT2D eigenvalue weighted by molar-refractivity contribution is -0.114. The average molecular weight is 347 g/mol. The Hall–Kier alpha value is -3.41. The van der Waals surface area contributed by atoms with E-state index in [0.717, 1.165) is 17.2 Å². The molecule has 0 unspecified atom stereocenters. The van der Waals surface area contributed by atoms with Crippen LogP contribution in [0.25, 0.3) is 0 Å². The summed E-state index contributed by atoms with van der Waals surface area (Å²) >= 11 is 0. The lowest BCUT2D eigenvalue weighted by Crippen LogP contribution is -2.06. The molecule has 0 fully saturated rings. The highest BCUT2D eigenvalue weighted by Crippen LogP contribution is 2.19. The van der Waals surface area contributed by atoms with Crippen molar-refractivity contribution >= 4 is 29.0 Å². The van der Waals surface area contributed by atoms with Crippen molar-refractivity contribution in [1.29, 1.82) is 0 Å². The number of aromatic nitrogens is 2. The first-order valence-corrected chi connectivity index (χ1v) is 8.36. The Kier molecular flexibility index (Phi) is 5.43. The second-order valence-corrected chi connectivity index (χ2v) is 5.93. The van der Waals surface area contributed by atoms with Crippen molar-refractivity contribution in [1.82, 2.24) is 9.97 Å². The van der Waals surface area contributed by atoms with E-state index in [1.807, 2.05) is 42.5 Å². The number of anilines is 4. The van der Waals surface area contributed by atoms with Crippen molar-refractivity contribution in [3.05, 3.63) is 71.9 Å². The Balaban J connectivity index is 1.67. The van der Waals surface area contributed by atoms with Crippen LogP contribution in [-0.4, -0.2) is 15.9 Å². The Morgan fingerprint density at radius 1 is 1.04 bits per heavy atom. The number of benzene rings is 2. The van der Waals surface area contributed by atoms with Crippen LogP contribution < -0.4 is 16.0 Å². The molecule has 0 bridgehead atoms. The molecule has 0 saturated carbocycles. The van der Waals surface area contributed by atoms with Crippen molar-refractivity contribution in [2.24, 2.45) is 0 Å². The zero-order valence-corrected chi connectivity index (χ0v) is 14.8. The van der Waals surface area contributed by atoms with E-state index < -0.39 is 0 Å². The van der Waals surface area contributed by atoms with E-state index in [4.69, 9.17) is 0 Å². The molecule has 1 aromatic heterocycles. The van der Waals surface area contributed by atoms with Gasteiger partial charge in [-0.15, -0.1) is 0 Å². The molecule has 0 aliphatic heterocycles. The average Bonchev–Trinajstić information content (AvgIpc) is 2.61. The van der Waals surface area contributed by atoms with Crippen molar-refractivity contribution in [2.75, 3.05) is 16.0 Å². The van der Waals surface area contributed by atoms with Crippen molar-refractivity contribution in [3.63, 3.8) is 0 Å². The first-order chi connectivity index (χ1) is 12.6. The lowest BCUT2D eigenvalue weighted by atomic mass is 10.1. The summed E-state index contributed by atoms with van der Waals surface area (Å²) in [4.78, 5) is 19.9. The molecule has 3 aromatic rings. The monoisotopic (exact) mass is 347 g/mol. The molecule has 26 heavy (non-hydrogen) atoms. The van der Waals surface area contributed by atoms with Gasteiger partial charge in [-0.2, -0.15) is 4.98 Å². The number of carbonyl (C=O) groups excluding carboxylic acids is 1. The molecule has 1 heterocycles. The van der Waals surface area contributed by atoms with Crippen molar-refractivity contribution in [3.8, 4) is 0 Å². The van der Waals surface area contributed by atoms with Crippen LogP contribution in [0, 0.1) is 6.92 Å². The fourth-order valence-electron chi connectivity index (χ4n) is 2.52. The minimum Gasteiger partial charge on any atom is -0.366 e. The van der Waals surface area contributed by atoms with E-state index in [1.54, 1.807) is 6.20 Å². The van der Waals surface area contributed by atoms with Gasteiger partial charge in [0.15, 0.2) is 0 Å². The van der Waals surface area contributed by atoms with Gasteiger partial charge in [-0.1, -0.05) is 30.3 Å². The van der Waals surface area contributed by atoms with Gasteiger partial charge >= 0.3 is 0 Å². The van der Waals surface area contributed by atoms with Gasteiger partial charge < -0.3 is 16.0 Å². The largest absolute Gasteiger partial charge is 0.366 e. The molecule has 0 spiro atoms. The maximum Gasteiger partial charge on any atom is 0.229 e. The Labute approximate surface area is 152 Å². The molecule has 6 heteroatoms. The summed E-state index contributed by atoms with van der Waals surface area (Å²) in [6.45, 7) is 4.26. The molecule has 0 aliphatic carbocycles. The highest BCUT2D eigenvalue weighted by molar-refractivity contribution is 5.89. The third-order valence-corrected chi connectivity index (χ3v) is 3.82. The van der Waals surface area contributed by atoms with Crippen LogP contribution in [0.4, 0.5) is 23.1 Å². The summed E-state index contributed by atoms with van der Waals surface area (Å²) in [5.41, 5.74) is 3.98. The van der Waals surface area contributed by atoms with E-state index in [1.165, 1.54) is 18.1 Å². The van der Waals surface area contributed by atoms with Gasteiger partial charge in [0, 0.05) is 31.0 Å². The molecule has 0 atom stereocenters. The van der Waals surface area contributed by atoms with E-state index in [-0.39, 0.29) is 5.91 Å². The first-order valence-electron chi connectivity index (χ1n) is 8.36. The van der Waals surface area contributed by atoms with Gasteiger partial charge in [0.05, 0.1) is 0 Å². The maximum absolute atomic E-state index is 11.2. The van der Waals surface area contributed by atoms with E-state index in [0.29, 0.717) is 12.5 Å². The molecule has 6 nitrogen and oxygen atoms in total. The fourth-order valence-corrected chi connectivity index (χ4v) is 2.52. The molecule has 0 aliphatic rings. The molecule has 3 rings (SSSR count). The molecular weight excluding hydrogens is 326 g/mol. The number of nitrogens with one attached hydrogen (secondary N) is 3. The summed E-state index contributed by atoms with van der Waals surface area (Å²) in [6, 6.07) is 17.5. The number of hydrogen-bond donors (Lipinski definition) is 3. The topological polar surface area (TPSA) is 78.9 Å². The van der Waals surface area contributed by atoms with Gasteiger partial charge in [-0.05, 0) is 42.3 Å². The zero-order valence-electron chi connectivity index (χ0n) is 14.8. The van der Waals surface area contributed by atoms with E-state index in [9.17, 15) is 4.79 Å². The number of carbonyl (C=O) groups is 1. The second kappa shape index (κ2) is 8.11. The smallest absolute Gasteiger partial charge is 0.229 e. The van der Waals surface area contributed by atoms with Gasteiger partial charge in [0.1, 0.15) is 5.82 Å². The van der Waals surface area contributed by atoms with Crippen LogP contribution in [0.3, 0.4) is 0 Å². The van der Waals surface area contributed by atoms with Gasteiger partial charge in [-0.25, -0.2) is 4.98 Å². The van der Waals surface area contributed by atoms with E-state index >= 15 is 0 Å². The summed E-state index contributed by atoms with van der Waals surface area (Å²) in [6.07, 6.45) is 1.70. The molecule has 1 amide bonds. The molecule has 2 aromatic carbocycles. The van der Waals surface area contributed by atoms with Gasteiger partial charge in [0.25, 0.3) is 0 Å². The summed E-state index contributed by atoms with van der Waals surface area (Å²) in [7, 11) is 0.